The fourth-order valence-corrected chi connectivity index (χ4v) is 1.98. The highest BCUT2D eigenvalue weighted by molar-refractivity contribution is 5.87. The van der Waals surface area contributed by atoms with Crippen LogP contribution in [-0.4, -0.2) is 15.6 Å². The molecule has 0 saturated carbocycles. The van der Waals surface area contributed by atoms with Crippen LogP contribution in [0.15, 0.2) is 23.1 Å². The number of aromatic carboxylic acids is 1. The minimum absolute atomic E-state index is 0.0497. The molecule has 4 nitrogen and oxygen atoms in total. The lowest BCUT2D eigenvalue weighted by Gasteiger charge is -2.15. The first-order valence-corrected chi connectivity index (χ1v) is 6.51. The van der Waals surface area contributed by atoms with Crippen molar-refractivity contribution in [1.29, 1.82) is 0 Å². The Morgan fingerprint density at radius 1 is 1.33 bits per heavy atom. The van der Waals surface area contributed by atoms with Crippen LogP contribution in [0.2, 0.25) is 0 Å². The molecule has 1 aromatic heterocycles. The van der Waals surface area contributed by atoms with E-state index in [9.17, 15) is 9.59 Å². The molecule has 0 bridgehead atoms. The summed E-state index contributed by atoms with van der Waals surface area (Å²) in [6.07, 6.45) is 6.96. The molecule has 18 heavy (non-hydrogen) atoms. The van der Waals surface area contributed by atoms with E-state index < -0.39 is 5.97 Å². The Labute approximate surface area is 107 Å². The fourth-order valence-electron chi connectivity index (χ4n) is 1.98. The highest BCUT2D eigenvalue weighted by Gasteiger charge is 2.10. The molecule has 1 heterocycles. The lowest BCUT2D eigenvalue weighted by atomic mass is 10.1. The molecular weight excluding hydrogens is 230 g/mol. The summed E-state index contributed by atoms with van der Waals surface area (Å²) in [5, 5.41) is 8.91. The van der Waals surface area contributed by atoms with Crippen LogP contribution in [0.3, 0.4) is 0 Å². The summed E-state index contributed by atoms with van der Waals surface area (Å²) in [7, 11) is 0. The van der Waals surface area contributed by atoms with E-state index in [0.29, 0.717) is 0 Å². The van der Waals surface area contributed by atoms with Gasteiger partial charge in [0.2, 0.25) is 0 Å². The van der Waals surface area contributed by atoms with Crippen molar-refractivity contribution in [2.45, 2.75) is 52.0 Å². The number of nitrogens with zero attached hydrogens (tertiary/aromatic N) is 1. The summed E-state index contributed by atoms with van der Waals surface area (Å²) in [5.74, 6) is -0.998. The Kier molecular flexibility index (Phi) is 5.62. The van der Waals surface area contributed by atoms with Gasteiger partial charge in [-0.05, 0) is 19.4 Å². The van der Waals surface area contributed by atoms with Crippen LogP contribution in [0.25, 0.3) is 0 Å². The lowest BCUT2D eigenvalue weighted by molar-refractivity contribution is 0.0695. The van der Waals surface area contributed by atoms with Gasteiger partial charge in [-0.15, -0.1) is 0 Å². The first-order valence-electron chi connectivity index (χ1n) is 6.51. The number of unbranched alkanes of at least 4 members (excludes halogenated alkanes) is 3. The first kappa shape index (κ1) is 14.5. The van der Waals surface area contributed by atoms with E-state index in [1.54, 1.807) is 0 Å². The third-order valence-electron chi connectivity index (χ3n) is 3.14. The molecule has 0 saturated heterocycles. The van der Waals surface area contributed by atoms with Crippen molar-refractivity contribution in [1.82, 2.24) is 4.57 Å². The Bertz CT molecular complexity index is 451. The Morgan fingerprint density at radius 2 is 2.06 bits per heavy atom. The van der Waals surface area contributed by atoms with Crippen LogP contribution in [-0.2, 0) is 0 Å². The Balaban J connectivity index is 2.72. The Morgan fingerprint density at radius 3 is 2.67 bits per heavy atom. The zero-order chi connectivity index (χ0) is 13.5. The molecule has 1 aromatic rings. The van der Waals surface area contributed by atoms with Gasteiger partial charge >= 0.3 is 5.97 Å². The normalized spacial score (nSPS) is 12.3. The molecule has 0 aromatic carbocycles. The highest BCUT2D eigenvalue weighted by atomic mass is 16.4. The van der Waals surface area contributed by atoms with Gasteiger partial charge in [0.15, 0.2) is 0 Å². The summed E-state index contributed by atoms with van der Waals surface area (Å²) in [6, 6.07) is 2.73. The molecule has 0 radical (unpaired) electrons. The number of rotatable bonds is 7. The SMILES string of the molecule is CCCCCCC(C)n1cc(C(=O)O)ccc1=O. The van der Waals surface area contributed by atoms with Gasteiger partial charge < -0.3 is 9.67 Å². The predicted octanol–water partition coefficient (Wildman–Crippen LogP) is 3.08. The van der Waals surface area contributed by atoms with E-state index in [1.807, 2.05) is 6.92 Å². The smallest absolute Gasteiger partial charge is 0.337 e. The molecule has 0 aliphatic rings. The Hall–Kier alpha value is -1.58. The molecule has 1 atom stereocenters. The molecule has 0 amide bonds. The van der Waals surface area contributed by atoms with Crippen molar-refractivity contribution in [3.8, 4) is 0 Å². The minimum atomic E-state index is -0.998. The van der Waals surface area contributed by atoms with Crippen LogP contribution in [0.5, 0.6) is 0 Å². The van der Waals surface area contributed by atoms with Gasteiger partial charge in [-0.1, -0.05) is 32.6 Å². The maximum absolute atomic E-state index is 11.7. The van der Waals surface area contributed by atoms with Crippen LogP contribution < -0.4 is 5.56 Å². The summed E-state index contributed by atoms with van der Waals surface area (Å²) in [6.45, 7) is 4.11. The quantitative estimate of drug-likeness (QED) is 0.757. The highest BCUT2D eigenvalue weighted by Crippen LogP contribution is 2.14. The standard InChI is InChI=1S/C14H21NO3/c1-3-4-5-6-7-11(2)15-10-12(14(17)18)8-9-13(15)16/h8-11H,3-7H2,1-2H3,(H,17,18). The molecule has 100 valence electrons. The van der Waals surface area contributed by atoms with Gasteiger partial charge in [-0.2, -0.15) is 0 Å². The summed E-state index contributed by atoms with van der Waals surface area (Å²) in [4.78, 5) is 22.6. The molecule has 0 aliphatic carbocycles. The van der Waals surface area contributed by atoms with Gasteiger partial charge in [0.25, 0.3) is 5.56 Å². The van der Waals surface area contributed by atoms with Crippen molar-refractivity contribution in [2.75, 3.05) is 0 Å². The van der Waals surface area contributed by atoms with E-state index in [1.165, 1.54) is 35.7 Å². The van der Waals surface area contributed by atoms with Gasteiger partial charge in [-0.25, -0.2) is 4.79 Å². The molecule has 4 heteroatoms. The van der Waals surface area contributed by atoms with E-state index in [2.05, 4.69) is 6.92 Å². The number of carboxylic acids is 1. The van der Waals surface area contributed by atoms with Gasteiger partial charge in [0.05, 0.1) is 5.56 Å². The van der Waals surface area contributed by atoms with Crippen LogP contribution in [0, 0.1) is 0 Å². The second-order valence-corrected chi connectivity index (χ2v) is 4.67. The number of aromatic nitrogens is 1. The maximum atomic E-state index is 11.7. The van der Waals surface area contributed by atoms with E-state index in [-0.39, 0.29) is 17.2 Å². The third-order valence-corrected chi connectivity index (χ3v) is 3.14. The molecule has 1 N–H and O–H groups in total. The molecule has 0 spiro atoms. The largest absolute Gasteiger partial charge is 0.478 e. The molecular formula is C14H21NO3. The average Bonchev–Trinajstić information content (AvgIpc) is 2.34. The lowest BCUT2D eigenvalue weighted by Crippen LogP contribution is -2.23. The molecule has 1 rings (SSSR count). The maximum Gasteiger partial charge on any atom is 0.337 e. The number of hydrogen-bond acceptors (Lipinski definition) is 2. The zero-order valence-electron chi connectivity index (χ0n) is 11.1. The summed E-state index contributed by atoms with van der Waals surface area (Å²) in [5.41, 5.74) is 0.0259. The van der Waals surface area contributed by atoms with Crippen LogP contribution in [0.4, 0.5) is 0 Å². The van der Waals surface area contributed by atoms with Crippen molar-refractivity contribution in [3.05, 3.63) is 34.2 Å². The zero-order valence-corrected chi connectivity index (χ0v) is 11.1. The van der Waals surface area contributed by atoms with E-state index in [0.717, 1.165) is 19.3 Å². The van der Waals surface area contributed by atoms with Crippen molar-refractivity contribution in [3.63, 3.8) is 0 Å². The van der Waals surface area contributed by atoms with E-state index in [4.69, 9.17) is 5.11 Å². The van der Waals surface area contributed by atoms with Crippen LogP contribution in [0.1, 0.15) is 62.4 Å². The molecule has 0 aliphatic heterocycles. The minimum Gasteiger partial charge on any atom is -0.478 e. The molecule has 1 unspecified atom stereocenters. The van der Waals surface area contributed by atoms with Crippen molar-refractivity contribution in [2.24, 2.45) is 0 Å². The number of carbonyl (C=O) groups is 1. The fraction of sp³-hybridized carbons (Fsp3) is 0.571. The van der Waals surface area contributed by atoms with Crippen molar-refractivity contribution >= 4 is 5.97 Å². The first-order chi connectivity index (χ1) is 8.56. The van der Waals surface area contributed by atoms with Gasteiger partial charge in [0, 0.05) is 18.3 Å². The predicted molar refractivity (Wildman–Crippen MR) is 71.1 cm³/mol. The van der Waals surface area contributed by atoms with Gasteiger partial charge in [0.1, 0.15) is 0 Å². The van der Waals surface area contributed by atoms with Crippen molar-refractivity contribution < 1.29 is 9.90 Å². The summed E-state index contributed by atoms with van der Waals surface area (Å²) < 4.78 is 1.52. The third kappa shape index (κ3) is 4.02. The monoisotopic (exact) mass is 251 g/mol. The molecule has 0 fully saturated rings. The topological polar surface area (TPSA) is 59.3 Å². The number of hydrogen-bond donors (Lipinski definition) is 1. The second kappa shape index (κ2) is 6.99. The van der Waals surface area contributed by atoms with Crippen LogP contribution >= 0.6 is 0 Å². The van der Waals surface area contributed by atoms with Gasteiger partial charge in [-0.3, -0.25) is 4.79 Å². The number of carboxylic acid groups (broad SMARTS) is 1. The van der Waals surface area contributed by atoms with E-state index >= 15 is 0 Å². The number of pyridine rings is 1. The summed E-state index contributed by atoms with van der Waals surface area (Å²) >= 11 is 0. The average molecular weight is 251 g/mol. The second-order valence-electron chi connectivity index (χ2n) is 4.67.